The van der Waals surface area contributed by atoms with Gasteiger partial charge >= 0.3 is 0 Å². The van der Waals surface area contributed by atoms with Gasteiger partial charge in [-0.05, 0) is 6.42 Å². The molecule has 70 valence electrons. The summed E-state index contributed by atoms with van der Waals surface area (Å²) in [5.41, 5.74) is 0. The molecule has 0 N–H and O–H groups in total. The molecule has 0 spiro atoms. The molecule has 1 aliphatic rings. The lowest BCUT2D eigenvalue weighted by atomic mass is 9.88. The van der Waals surface area contributed by atoms with Crippen LogP contribution in [-0.4, -0.2) is 40.5 Å². The van der Waals surface area contributed by atoms with Gasteiger partial charge in [0.15, 0.2) is 0 Å². The number of nitrogens with zero attached hydrogens (tertiary/aromatic N) is 1. The van der Waals surface area contributed by atoms with Crippen molar-refractivity contribution in [2.45, 2.75) is 6.42 Å². The van der Waals surface area contributed by atoms with E-state index in [4.69, 9.17) is 9.47 Å². The highest BCUT2D eigenvalue weighted by atomic mass is 16.5. The first-order chi connectivity index (χ1) is 5.88. The number of hydrogen-bond donors (Lipinski definition) is 0. The molecule has 0 amide bonds. The zero-order chi connectivity index (χ0) is 8.81. The SMILES string of the molecule is COC[C]1CC[N]CC1COC. The summed E-state index contributed by atoms with van der Waals surface area (Å²) in [7, 11) is 3.47. The predicted octanol–water partition coefficient (Wildman–Crippen LogP) is 0.478. The molecule has 1 saturated heterocycles. The van der Waals surface area contributed by atoms with Crippen LogP contribution in [0.1, 0.15) is 6.42 Å². The van der Waals surface area contributed by atoms with Crippen molar-refractivity contribution in [3.8, 4) is 0 Å². The van der Waals surface area contributed by atoms with Crippen LogP contribution in [0.3, 0.4) is 0 Å². The molecule has 1 fully saturated rings. The predicted molar refractivity (Wildman–Crippen MR) is 47.0 cm³/mol. The smallest absolute Gasteiger partial charge is 0.0529 e. The number of piperidine rings is 1. The Morgan fingerprint density at radius 1 is 1.42 bits per heavy atom. The highest BCUT2D eigenvalue weighted by Gasteiger charge is 2.25. The van der Waals surface area contributed by atoms with Crippen molar-refractivity contribution in [3.63, 3.8) is 0 Å². The van der Waals surface area contributed by atoms with E-state index in [2.05, 4.69) is 5.32 Å². The van der Waals surface area contributed by atoms with Gasteiger partial charge in [-0.25, -0.2) is 5.32 Å². The fraction of sp³-hybridized carbons (Fsp3) is 0.889. The second kappa shape index (κ2) is 5.51. The van der Waals surface area contributed by atoms with Gasteiger partial charge in [-0.1, -0.05) is 0 Å². The van der Waals surface area contributed by atoms with E-state index < -0.39 is 0 Å². The number of hydrogen-bond acceptors (Lipinski definition) is 2. The summed E-state index contributed by atoms with van der Waals surface area (Å²) in [6.07, 6.45) is 1.07. The Bertz CT molecular complexity index is 101. The van der Waals surface area contributed by atoms with Crippen LogP contribution < -0.4 is 5.32 Å². The van der Waals surface area contributed by atoms with Crippen molar-refractivity contribution in [3.05, 3.63) is 5.92 Å². The van der Waals surface area contributed by atoms with Crippen molar-refractivity contribution >= 4 is 0 Å². The zero-order valence-corrected chi connectivity index (χ0v) is 7.88. The van der Waals surface area contributed by atoms with Crippen LogP contribution in [0, 0.1) is 11.8 Å². The van der Waals surface area contributed by atoms with Gasteiger partial charge in [0.2, 0.25) is 0 Å². The number of rotatable bonds is 4. The molecule has 2 radical (unpaired) electrons. The van der Waals surface area contributed by atoms with Crippen LogP contribution in [-0.2, 0) is 9.47 Å². The molecule has 0 aliphatic carbocycles. The average molecular weight is 171 g/mol. The van der Waals surface area contributed by atoms with E-state index in [1.807, 2.05) is 0 Å². The summed E-state index contributed by atoms with van der Waals surface area (Å²) in [5.74, 6) is 1.94. The molecule has 3 nitrogen and oxygen atoms in total. The quantitative estimate of drug-likeness (QED) is 0.616. The molecule has 3 heteroatoms. The van der Waals surface area contributed by atoms with Gasteiger partial charge in [-0.2, -0.15) is 0 Å². The van der Waals surface area contributed by atoms with E-state index in [0.717, 1.165) is 32.7 Å². The van der Waals surface area contributed by atoms with Gasteiger partial charge in [0, 0.05) is 39.1 Å². The van der Waals surface area contributed by atoms with Crippen LogP contribution >= 0.6 is 0 Å². The molecule has 1 rings (SSSR count). The summed E-state index contributed by atoms with van der Waals surface area (Å²) in [6, 6.07) is 0. The minimum Gasteiger partial charge on any atom is -0.384 e. The molecule has 1 unspecified atom stereocenters. The molecule has 0 saturated carbocycles. The molecule has 1 atom stereocenters. The maximum absolute atomic E-state index is 5.12. The largest absolute Gasteiger partial charge is 0.384 e. The van der Waals surface area contributed by atoms with E-state index in [9.17, 15) is 0 Å². The summed E-state index contributed by atoms with van der Waals surface area (Å²) >= 11 is 0. The second-order valence-corrected chi connectivity index (χ2v) is 3.12. The Morgan fingerprint density at radius 3 is 2.92 bits per heavy atom. The maximum Gasteiger partial charge on any atom is 0.0529 e. The van der Waals surface area contributed by atoms with Crippen molar-refractivity contribution < 1.29 is 9.47 Å². The van der Waals surface area contributed by atoms with Crippen molar-refractivity contribution in [1.29, 1.82) is 0 Å². The summed E-state index contributed by atoms with van der Waals surface area (Å²) < 4.78 is 10.2. The first-order valence-corrected chi connectivity index (χ1v) is 4.34. The maximum atomic E-state index is 5.12. The Hall–Kier alpha value is -0.120. The van der Waals surface area contributed by atoms with Gasteiger partial charge in [0.05, 0.1) is 13.2 Å². The topological polar surface area (TPSA) is 32.6 Å². The molecule has 0 bridgehead atoms. The van der Waals surface area contributed by atoms with Gasteiger partial charge in [-0.15, -0.1) is 0 Å². The minimum absolute atomic E-state index is 0.490. The van der Waals surface area contributed by atoms with Gasteiger partial charge < -0.3 is 9.47 Å². The fourth-order valence-electron chi connectivity index (χ4n) is 1.55. The van der Waals surface area contributed by atoms with E-state index >= 15 is 0 Å². The third-order valence-electron chi connectivity index (χ3n) is 2.22. The molecule has 12 heavy (non-hydrogen) atoms. The van der Waals surface area contributed by atoms with E-state index in [0.29, 0.717) is 5.92 Å². The molecule has 0 aromatic rings. The van der Waals surface area contributed by atoms with E-state index in [-0.39, 0.29) is 0 Å². The Balaban J connectivity index is 2.31. The lowest BCUT2D eigenvalue weighted by molar-refractivity contribution is 0.119. The molecule has 1 aliphatic heterocycles. The van der Waals surface area contributed by atoms with E-state index in [1.54, 1.807) is 14.2 Å². The monoisotopic (exact) mass is 171 g/mol. The van der Waals surface area contributed by atoms with Crippen LogP contribution in [0.15, 0.2) is 0 Å². The zero-order valence-electron chi connectivity index (χ0n) is 7.88. The Morgan fingerprint density at radius 2 is 2.25 bits per heavy atom. The first kappa shape index (κ1) is 9.96. The van der Waals surface area contributed by atoms with Crippen molar-refractivity contribution in [2.24, 2.45) is 5.92 Å². The summed E-state index contributed by atoms with van der Waals surface area (Å²) in [5, 5.41) is 4.35. The summed E-state index contributed by atoms with van der Waals surface area (Å²) in [4.78, 5) is 0. The van der Waals surface area contributed by atoms with Crippen LogP contribution in [0.5, 0.6) is 0 Å². The van der Waals surface area contributed by atoms with Crippen LogP contribution in [0.2, 0.25) is 0 Å². The van der Waals surface area contributed by atoms with Crippen LogP contribution in [0.4, 0.5) is 0 Å². The molecule has 1 heterocycles. The minimum atomic E-state index is 0.490. The lowest BCUT2D eigenvalue weighted by Crippen LogP contribution is -2.35. The van der Waals surface area contributed by atoms with Crippen LogP contribution in [0.25, 0.3) is 0 Å². The highest BCUT2D eigenvalue weighted by Crippen LogP contribution is 2.22. The van der Waals surface area contributed by atoms with Crippen molar-refractivity contribution in [1.82, 2.24) is 5.32 Å². The van der Waals surface area contributed by atoms with Crippen molar-refractivity contribution in [2.75, 3.05) is 40.5 Å². The standard InChI is InChI=1S/C9H17NO2/c1-11-6-8-3-4-10-5-9(8)7-12-2/h9H,3-7H2,1-2H3. The molecular formula is C9H17NO2. The molecule has 0 aromatic heterocycles. The Kier molecular flexibility index (Phi) is 4.58. The van der Waals surface area contributed by atoms with Gasteiger partial charge in [-0.3, -0.25) is 0 Å². The number of methoxy groups -OCH3 is 2. The normalized spacial score (nSPS) is 26.0. The van der Waals surface area contributed by atoms with E-state index in [1.165, 1.54) is 5.92 Å². The van der Waals surface area contributed by atoms with Gasteiger partial charge in [0.25, 0.3) is 0 Å². The number of ether oxygens (including phenoxy) is 2. The molecular weight excluding hydrogens is 154 g/mol. The molecule has 0 aromatic carbocycles. The second-order valence-electron chi connectivity index (χ2n) is 3.12. The Labute approximate surface area is 74.4 Å². The fourth-order valence-corrected chi connectivity index (χ4v) is 1.55. The summed E-state index contributed by atoms with van der Waals surface area (Å²) in [6.45, 7) is 3.41. The average Bonchev–Trinajstić information content (AvgIpc) is 2.09. The third-order valence-corrected chi connectivity index (χ3v) is 2.22. The lowest BCUT2D eigenvalue weighted by Gasteiger charge is -2.29. The third kappa shape index (κ3) is 2.73. The van der Waals surface area contributed by atoms with Gasteiger partial charge in [0.1, 0.15) is 0 Å². The first-order valence-electron chi connectivity index (χ1n) is 4.34. The highest BCUT2D eigenvalue weighted by molar-refractivity contribution is 5.00.